The first-order chi connectivity index (χ1) is 10.7. The van der Waals surface area contributed by atoms with Crippen molar-refractivity contribution in [2.45, 2.75) is 6.92 Å². The first-order valence-electron chi connectivity index (χ1n) is 6.37. The number of carbonyl (C=O) groups is 1. The quantitative estimate of drug-likeness (QED) is 0.549. The number of hydrogen-bond donors (Lipinski definition) is 2. The van der Waals surface area contributed by atoms with Gasteiger partial charge < -0.3 is 9.73 Å². The van der Waals surface area contributed by atoms with Crippen molar-refractivity contribution >= 4 is 44.9 Å². The van der Waals surface area contributed by atoms with Gasteiger partial charge in [-0.1, -0.05) is 17.4 Å². The number of aromatic nitrogens is 1. The number of thiophene rings is 1. The Bertz CT molecular complexity index is 776. The lowest BCUT2D eigenvalue weighted by Crippen LogP contribution is -2.04. The van der Waals surface area contributed by atoms with Gasteiger partial charge in [0.15, 0.2) is 0 Å². The number of rotatable bonds is 5. The molecule has 0 unspecified atom stereocenters. The maximum Gasteiger partial charge on any atom is 0.221 e. The summed E-state index contributed by atoms with van der Waals surface area (Å²) in [5.74, 6) is 0.511. The summed E-state index contributed by atoms with van der Waals surface area (Å²) in [6.07, 6.45) is 3.14. The Morgan fingerprint density at radius 2 is 2.32 bits per heavy atom. The van der Waals surface area contributed by atoms with Crippen LogP contribution in [0.5, 0.6) is 0 Å². The summed E-state index contributed by atoms with van der Waals surface area (Å²) in [6.45, 7) is 1.47. The van der Waals surface area contributed by atoms with Gasteiger partial charge in [0, 0.05) is 6.92 Å². The van der Waals surface area contributed by atoms with Gasteiger partial charge in [0.25, 0.3) is 0 Å². The molecule has 3 aromatic rings. The molecule has 22 heavy (non-hydrogen) atoms. The summed E-state index contributed by atoms with van der Waals surface area (Å²) >= 11 is 2.90. The second kappa shape index (κ2) is 6.54. The fourth-order valence-corrected chi connectivity index (χ4v) is 3.37. The summed E-state index contributed by atoms with van der Waals surface area (Å²) in [6, 6.07) is 7.49. The highest BCUT2D eigenvalue weighted by molar-refractivity contribution is 7.21. The lowest BCUT2D eigenvalue weighted by atomic mass is 10.3. The smallest absolute Gasteiger partial charge is 0.221 e. The van der Waals surface area contributed by atoms with Crippen LogP contribution in [0.2, 0.25) is 0 Å². The molecule has 0 aliphatic heterocycles. The van der Waals surface area contributed by atoms with Crippen molar-refractivity contribution in [1.82, 2.24) is 4.98 Å². The Labute approximate surface area is 134 Å². The van der Waals surface area contributed by atoms with Gasteiger partial charge in [-0.05, 0) is 23.6 Å². The van der Waals surface area contributed by atoms with E-state index in [0.29, 0.717) is 15.9 Å². The van der Waals surface area contributed by atoms with Gasteiger partial charge in [0.05, 0.1) is 17.4 Å². The van der Waals surface area contributed by atoms with E-state index in [1.165, 1.54) is 18.3 Å². The third-order valence-corrected chi connectivity index (χ3v) is 4.32. The van der Waals surface area contributed by atoms with Crippen molar-refractivity contribution in [3.05, 3.63) is 41.7 Å². The van der Waals surface area contributed by atoms with E-state index < -0.39 is 0 Å². The fraction of sp³-hybridized carbons (Fsp3) is 0.0714. The molecule has 2 N–H and O–H groups in total. The molecule has 3 rings (SSSR count). The summed E-state index contributed by atoms with van der Waals surface area (Å²) in [7, 11) is 0. The third kappa shape index (κ3) is 3.41. The van der Waals surface area contributed by atoms with Crippen molar-refractivity contribution in [2.24, 2.45) is 5.10 Å². The van der Waals surface area contributed by atoms with Crippen LogP contribution in [0.4, 0.5) is 10.1 Å². The lowest BCUT2D eigenvalue weighted by Gasteiger charge is -1.99. The molecule has 0 aliphatic rings. The van der Waals surface area contributed by atoms with E-state index in [1.54, 1.807) is 35.9 Å². The zero-order valence-electron chi connectivity index (χ0n) is 11.6. The summed E-state index contributed by atoms with van der Waals surface area (Å²) in [4.78, 5) is 16.8. The molecule has 0 aliphatic carbocycles. The standard InChI is InChI=1S/C14H12N4O2S2/c1-9(19)16-13-12(11-5-3-7-21-11)17-14(22-13)18-15-8-10-4-2-6-20-10/h2-8H,1H3,(H,16,19)(H,17,18)/b15-8+. The number of hydrogen-bond acceptors (Lipinski definition) is 7. The van der Waals surface area contributed by atoms with Gasteiger partial charge in [-0.2, -0.15) is 5.10 Å². The average Bonchev–Trinajstić information content (AvgIpc) is 3.18. The number of furan rings is 1. The Hall–Kier alpha value is -2.45. The van der Waals surface area contributed by atoms with Crippen LogP contribution in [-0.4, -0.2) is 17.1 Å². The minimum Gasteiger partial charge on any atom is -0.463 e. The normalized spacial score (nSPS) is 11.0. The van der Waals surface area contributed by atoms with E-state index >= 15 is 0 Å². The van der Waals surface area contributed by atoms with Crippen LogP contribution in [0.1, 0.15) is 12.7 Å². The molecule has 0 aromatic carbocycles. The molecule has 8 heteroatoms. The molecular formula is C14H12N4O2S2. The number of anilines is 2. The fourth-order valence-electron chi connectivity index (χ4n) is 1.71. The molecule has 0 radical (unpaired) electrons. The number of carbonyl (C=O) groups excluding carboxylic acids is 1. The van der Waals surface area contributed by atoms with Gasteiger partial charge in [-0.15, -0.1) is 11.3 Å². The van der Waals surface area contributed by atoms with Crippen molar-refractivity contribution in [2.75, 3.05) is 10.7 Å². The van der Waals surface area contributed by atoms with Crippen LogP contribution in [0.25, 0.3) is 10.6 Å². The van der Waals surface area contributed by atoms with E-state index in [1.807, 2.05) is 17.5 Å². The molecule has 0 spiro atoms. The van der Waals surface area contributed by atoms with E-state index in [-0.39, 0.29) is 5.91 Å². The summed E-state index contributed by atoms with van der Waals surface area (Å²) in [5, 5.41) is 10.1. The second-order valence-electron chi connectivity index (χ2n) is 4.24. The zero-order valence-corrected chi connectivity index (χ0v) is 13.2. The van der Waals surface area contributed by atoms with Crippen LogP contribution >= 0.6 is 22.7 Å². The molecule has 0 saturated heterocycles. The van der Waals surface area contributed by atoms with E-state index in [2.05, 4.69) is 20.8 Å². The molecule has 0 atom stereocenters. The van der Waals surface area contributed by atoms with E-state index in [4.69, 9.17) is 4.42 Å². The Morgan fingerprint density at radius 3 is 3.00 bits per heavy atom. The zero-order chi connectivity index (χ0) is 15.4. The van der Waals surface area contributed by atoms with Crippen LogP contribution in [0, 0.1) is 0 Å². The Balaban J connectivity index is 1.81. The van der Waals surface area contributed by atoms with Gasteiger partial charge in [-0.3, -0.25) is 10.2 Å². The molecule has 1 amide bonds. The molecule has 6 nitrogen and oxygen atoms in total. The number of amides is 1. The second-order valence-corrected chi connectivity index (χ2v) is 6.19. The number of nitrogens with one attached hydrogen (secondary N) is 2. The Morgan fingerprint density at radius 1 is 1.41 bits per heavy atom. The largest absolute Gasteiger partial charge is 0.463 e. The van der Waals surface area contributed by atoms with Crippen molar-refractivity contribution < 1.29 is 9.21 Å². The lowest BCUT2D eigenvalue weighted by molar-refractivity contribution is -0.114. The van der Waals surface area contributed by atoms with Gasteiger partial charge in [0.2, 0.25) is 11.0 Å². The van der Waals surface area contributed by atoms with Crippen LogP contribution < -0.4 is 10.7 Å². The van der Waals surface area contributed by atoms with Crippen molar-refractivity contribution in [3.63, 3.8) is 0 Å². The number of thiazole rings is 1. The highest BCUT2D eigenvalue weighted by Gasteiger charge is 2.14. The number of hydrazone groups is 1. The topological polar surface area (TPSA) is 79.5 Å². The third-order valence-electron chi connectivity index (χ3n) is 2.57. The van der Waals surface area contributed by atoms with Crippen LogP contribution in [0.3, 0.4) is 0 Å². The average molecular weight is 332 g/mol. The van der Waals surface area contributed by atoms with E-state index in [9.17, 15) is 4.79 Å². The maximum atomic E-state index is 11.3. The van der Waals surface area contributed by atoms with Crippen LogP contribution in [0.15, 0.2) is 45.4 Å². The molecular weight excluding hydrogens is 320 g/mol. The van der Waals surface area contributed by atoms with Crippen LogP contribution in [-0.2, 0) is 4.79 Å². The number of nitrogens with zero attached hydrogens (tertiary/aromatic N) is 2. The summed E-state index contributed by atoms with van der Waals surface area (Å²) < 4.78 is 5.15. The highest BCUT2D eigenvalue weighted by Crippen LogP contribution is 2.37. The molecule has 112 valence electrons. The van der Waals surface area contributed by atoms with Gasteiger partial charge in [0.1, 0.15) is 16.5 Å². The minimum atomic E-state index is -0.132. The molecule has 0 fully saturated rings. The predicted octanol–water partition coefficient (Wildman–Crippen LogP) is 3.87. The molecule has 3 aromatic heterocycles. The first-order valence-corrected chi connectivity index (χ1v) is 8.07. The first kappa shape index (κ1) is 14.5. The molecule has 0 bridgehead atoms. The molecule has 3 heterocycles. The Kier molecular flexibility index (Phi) is 4.31. The summed E-state index contributed by atoms with van der Waals surface area (Å²) in [5.41, 5.74) is 3.59. The van der Waals surface area contributed by atoms with Gasteiger partial charge in [-0.25, -0.2) is 4.98 Å². The molecule has 0 saturated carbocycles. The highest BCUT2D eigenvalue weighted by atomic mass is 32.1. The monoisotopic (exact) mass is 332 g/mol. The van der Waals surface area contributed by atoms with E-state index in [0.717, 1.165) is 10.6 Å². The SMILES string of the molecule is CC(=O)Nc1sc(N/N=C/c2ccco2)nc1-c1cccs1. The van der Waals surface area contributed by atoms with Crippen molar-refractivity contribution in [3.8, 4) is 10.6 Å². The van der Waals surface area contributed by atoms with Gasteiger partial charge >= 0.3 is 0 Å². The maximum absolute atomic E-state index is 11.3. The predicted molar refractivity (Wildman–Crippen MR) is 89.7 cm³/mol. The van der Waals surface area contributed by atoms with Crippen molar-refractivity contribution in [1.29, 1.82) is 0 Å². The minimum absolute atomic E-state index is 0.132.